The second-order valence-electron chi connectivity index (χ2n) is 5.87. The molecule has 1 heterocycles. The van der Waals surface area contributed by atoms with Crippen LogP contribution in [0.15, 0.2) is 18.2 Å². The second kappa shape index (κ2) is 6.38. The number of hydrogen-bond acceptors (Lipinski definition) is 3. The first kappa shape index (κ1) is 14.9. The summed E-state index contributed by atoms with van der Waals surface area (Å²) in [5.74, 6) is -0.274. The van der Waals surface area contributed by atoms with E-state index < -0.39 is 0 Å². The van der Waals surface area contributed by atoms with Crippen LogP contribution in [0.25, 0.3) is 0 Å². The lowest BCUT2D eigenvalue weighted by atomic mass is 9.90. The smallest absolute Gasteiger partial charge is 0.137 e. The first-order chi connectivity index (χ1) is 10.2. The summed E-state index contributed by atoms with van der Waals surface area (Å²) in [6.07, 6.45) is 5.04. The zero-order chi connectivity index (χ0) is 14.8. The lowest BCUT2D eigenvalue weighted by Gasteiger charge is -2.44. The molecule has 1 saturated heterocycles. The van der Waals surface area contributed by atoms with E-state index in [2.05, 4.69) is 4.90 Å². The highest BCUT2D eigenvalue weighted by atomic mass is 32.1. The molecule has 2 atom stereocenters. The topological polar surface area (TPSA) is 38.5 Å². The molecule has 0 amide bonds. The Morgan fingerprint density at radius 2 is 2.19 bits per heavy atom. The normalized spacial score (nSPS) is 26.3. The number of hydrogen-bond donors (Lipinski definition) is 1. The monoisotopic (exact) mass is 308 g/mol. The highest BCUT2D eigenvalue weighted by Crippen LogP contribution is 2.30. The quantitative estimate of drug-likeness (QED) is 0.871. The summed E-state index contributed by atoms with van der Waals surface area (Å²) in [7, 11) is 0. The fourth-order valence-electron chi connectivity index (χ4n) is 3.48. The van der Waals surface area contributed by atoms with Gasteiger partial charge in [-0.05, 0) is 18.9 Å². The summed E-state index contributed by atoms with van der Waals surface area (Å²) in [5.41, 5.74) is 6.60. The van der Waals surface area contributed by atoms with Gasteiger partial charge in [-0.3, -0.25) is 4.90 Å². The van der Waals surface area contributed by atoms with Crippen molar-refractivity contribution in [1.82, 2.24) is 4.90 Å². The van der Waals surface area contributed by atoms with Crippen molar-refractivity contribution in [3.8, 4) is 0 Å². The third-order valence-electron chi connectivity index (χ3n) is 4.56. The minimum atomic E-state index is -0.274. The summed E-state index contributed by atoms with van der Waals surface area (Å²) in [6, 6.07) is 5.71. The molecule has 1 aliphatic heterocycles. The summed E-state index contributed by atoms with van der Waals surface area (Å²) in [4.78, 5) is 2.47. The third-order valence-corrected chi connectivity index (χ3v) is 4.78. The van der Waals surface area contributed by atoms with Crippen LogP contribution in [0.1, 0.15) is 36.8 Å². The van der Waals surface area contributed by atoms with Crippen molar-refractivity contribution in [1.29, 1.82) is 0 Å². The van der Waals surface area contributed by atoms with E-state index in [1.807, 2.05) is 12.1 Å². The molecular weight excluding hydrogens is 287 g/mol. The minimum absolute atomic E-state index is 0.117. The number of ether oxygens (including phenoxy) is 1. The maximum Gasteiger partial charge on any atom is 0.137 e. The van der Waals surface area contributed by atoms with Gasteiger partial charge in [-0.25, -0.2) is 4.39 Å². The predicted molar refractivity (Wildman–Crippen MR) is 84.7 cm³/mol. The van der Waals surface area contributed by atoms with Gasteiger partial charge in [0.05, 0.1) is 12.7 Å². The molecule has 2 unspecified atom stereocenters. The van der Waals surface area contributed by atoms with E-state index in [0.29, 0.717) is 29.8 Å². The fourth-order valence-corrected chi connectivity index (χ4v) is 3.64. The van der Waals surface area contributed by atoms with Crippen molar-refractivity contribution < 1.29 is 9.13 Å². The number of halogens is 1. The Hall–Kier alpha value is -1.04. The van der Waals surface area contributed by atoms with Crippen LogP contribution in [-0.2, 0) is 11.3 Å². The average molecular weight is 308 g/mol. The first-order valence-corrected chi connectivity index (χ1v) is 8.00. The van der Waals surface area contributed by atoms with Crippen molar-refractivity contribution in [2.45, 2.75) is 44.4 Å². The van der Waals surface area contributed by atoms with Crippen LogP contribution in [0, 0.1) is 5.82 Å². The molecule has 5 heteroatoms. The Kier molecular flexibility index (Phi) is 4.52. The molecule has 3 nitrogen and oxygen atoms in total. The lowest BCUT2D eigenvalue weighted by molar-refractivity contribution is -0.0913. The molecular formula is C16H21FN2OS. The zero-order valence-corrected chi connectivity index (χ0v) is 12.9. The molecule has 21 heavy (non-hydrogen) atoms. The number of nitrogens with two attached hydrogens (primary N) is 1. The van der Waals surface area contributed by atoms with Gasteiger partial charge in [-0.15, -0.1) is 0 Å². The first-order valence-electron chi connectivity index (χ1n) is 7.59. The molecule has 1 aromatic rings. The number of thiocarbonyl (C=S) groups is 1. The molecule has 0 spiro atoms. The second-order valence-corrected chi connectivity index (χ2v) is 6.31. The van der Waals surface area contributed by atoms with Gasteiger partial charge >= 0.3 is 0 Å². The highest BCUT2D eigenvalue weighted by Gasteiger charge is 2.34. The molecule has 2 N–H and O–H groups in total. The van der Waals surface area contributed by atoms with Crippen molar-refractivity contribution in [2.75, 3.05) is 13.2 Å². The SMILES string of the molecule is NC(=S)c1cccc(CN2CCOC3CCCCC32)c1F. The molecule has 3 rings (SSSR count). The maximum absolute atomic E-state index is 14.5. The van der Waals surface area contributed by atoms with E-state index in [-0.39, 0.29) is 10.8 Å². The van der Waals surface area contributed by atoms with Gasteiger partial charge in [-0.2, -0.15) is 0 Å². The fraction of sp³-hybridized carbons (Fsp3) is 0.562. The van der Waals surface area contributed by atoms with Gasteiger partial charge < -0.3 is 10.5 Å². The van der Waals surface area contributed by atoms with E-state index in [9.17, 15) is 4.39 Å². The molecule has 1 saturated carbocycles. The number of nitrogens with zero attached hydrogens (tertiary/aromatic N) is 1. The Labute approximate surface area is 130 Å². The van der Waals surface area contributed by atoms with Crippen molar-refractivity contribution >= 4 is 17.2 Å². The van der Waals surface area contributed by atoms with E-state index in [4.69, 9.17) is 22.7 Å². The molecule has 2 aliphatic rings. The summed E-state index contributed by atoms with van der Waals surface area (Å²) < 4.78 is 20.3. The van der Waals surface area contributed by atoms with Gasteiger partial charge in [-0.1, -0.05) is 37.2 Å². The summed E-state index contributed by atoms with van der Waals surface area (Å²) >= 11 is 4.91. The molecule has 1 aliphatic carbocycles. The highest BCUT2D eigenvalue weighted by molar-refractivity contribution is 7.80. The number of benzene rings is 1. The Balaban J connectivity index is 1.79. The number of fused-ring (bicyclic) bond motifs is 1. The summed E-state index contributed by atoms with van der Waals surface area (Å²) in [5, 5.41) is 0. The maximum atomic E-state index is 14.5. The van der Waals surface area contributed by atoms with Crippen molar-refractivity contribution in [3.63, 3.8) is 0 Å². The van der Waals surface area contributed by atoms with Gasteiger partial charge in [0.1, 0.15) is 10.8 Å². The van der Waals surface area contributed by atoms with E-state index in [1.54, 1.807) is 6.07 Å². The molecule has 114 valence electrons. The largest absolute Gasteiger partial charge is 0.389 e. The Morgan fingerprint density at radius 1 is 1.38 bits per heavy atom. The molecule has 0 radical (unpaired) electrons. The predicted octanol–water partition coefficient (Wildman–Crippen LogP) is 2.60. The average Bonchev–Trinajstić information content (AvgIpc) is 2.49. The molecule has 1 aromatic carbocycles. The van der Waals surface area contributed by atoms with Crippen LogP contribution in [0.5, 0.6) is 0 Å². The van der Waals surface area contributed by atoms with Gasteiger partial charge in [0.25, 0.3) is 0 Å². The van der Waals surface area contributed by atoms with Crippen LogP contribution in [0.4, 0.5) is 4.39 Å². The minimum Gasteiger partial charge on any atom is -0.389 e. The van der Waals surface area contributed by atoms with E-state index in [0.717, 1.165) is 26.0 Å². The lowest BCUT2D eigenvalue weighted by Crippen LogP contribution is -2.52. The number of rotatable bonds is 3. The number of morpholine rings is 1. The third kappa shape index (κ3) is 3.10. The van der Waals surface area contributed by atoms with E-state index in [1.165, 1.54) is 12.8 Å². The van der Waals surface area contributed by atoms with Crippen molar-refractivity contribution in [2.24, 2.45) is 5.73 Å². The Bertz CT molecular complexity index is 535. The summed E-state index contributed by atoms with van der Waals surface area (Å²) in [6.45, 7) is 2.20. The molecule has 0 bridgehead atoms. The van der Waals surface area contributed by atoms with Gasteiger partial charge in [0.2, 0.25) is 0 Å². The van der Waals surface area contributed by atoms with Gasteiger partial charge in [0, 0.05) is 30.3 Å². The van der Waals surface area contributed by atoms with Crippen LogP contribution in [-0.4, -0.2) is 35.2 Å². The Morgan fingerprint density at radius 3 is 3.00 bits per heavy atom. The zero-order valence-electron chi connectivity index (χ0n) is 12.1. The standard InChI is InChI=1S/C16H21FN2OS/c17-15-11(4-3-5-12(15)16(18)21)10-19-8-9-20-14-7-2-1-6-13(14)19/h3-5,13-14H,1-2,6-10H2,(H2,18,21). The van der Waals surface area contributed by atoms with Crippen LogP contribution < -0.4 is 5.73 Å². The van der Waals surface area contributed by atoms with Crippen LogP contribution in [0.3, 0.4) is 0 Å². The van der Waals surface area contributed by atoms with Gasteiger partial charge in [0.15, 0.2) is 0 Å². The van der Waals surface area contributed by atoms with Crippen LogP contribution in [0.2, 0.25) is 0 Å². The van der Waals surface area contributed by atoms with E-state index >= 15 is 0 Å². The molecule has 0 aromatic heterocycles. The van der Waals surface area contributed by atoms with Crippen molar-refractivity contribution in [3.05, 3.63) is 35.1 Å². The van der Waals surface area contributed by atoms with Crippen LogP contribution >= 0.6 is 12.2 Å². The molecule has 2 fully saturated rings.